The summed E-state index contributed by atoms with van der Waals surface area (Å²) >= 11 is 0. The highest BCUT2D eigenvalue weighted by Crippen LogP contribution is 2.24. The predicted octanol–water partition coefficient (Wildman–Crippen LogP) is 9.40. The molecule has 36 heavy (non-hydrogen) atoms. The van der Waals surface area contributed by atoms with E-state index in [0.29, 0.717) is 12.2 Å². The Morgan fingerprint density at radius 1 is 0.667 bits per heavy atom. The topological polar surface area (TPSA) is 35.0 Å². The number of halogens is 1. The average Bonchev–Trinajstić information content (AvgIpc) is 2.92. The van der Waals surface area contributed by atoms with Crippen molar-refractivity contribution in [2.45, 2.75) is 97.1 Å². The van der Waals surface area contributed by atoms with E-state index in [4.69, 9.17) is 4.74 Å². The van der Waals surface area contributed by atoms with Gasteiger partial charge in [0.15, 0.2) is 5.82 Å². The molecule has 1 heterocycles. The number of aromatic nitrogens is 2. The van der Waals surface area contributed by atoms with Gasteiger partial charge in [0.2, 0.25) is 0 Å². The summed E-state index contributed by atoms with van der Waals surface area (Å²) in [6, 6.07) is 16.3. The molecule has 0 amide bonds. The highest BCUT2D eigenvalue weighted by atomic mass is 19.1. The average molecular weight is 491 g/mol. The Balaban J connectivity index is 1.42. The predicted molar refractivity (Wildman–Crippen MR) is 149 cm³/mol. The van der Waals surface area contributed by atoms with Crippen molar-refractivity contribution in [1.82, 2.24) is 9.97 Å². The smallest absolute Gasteiger partial charge is 0.159 e. The molecule has 0 radical (unpaired) electrons. The van der Waals surface area contributed by atoms with Crippen LogP contribution in [0.2, 0.25) is 0 Å². The van der Waals surface area contributed by atoms with E-state index < -0.39 is 6.17 Å². The second-order valence-electron chi connectivity index (χ2n) is 9.79. The van der Waals surface area contributed by atoms with E-state index in [-0.39, 0.29) is 6.61 Å². The van der Waals surface area contributed by atoms with Gasteiger partial charge in [0.1, 0.15) is 18.5 Å². The lowest BCUT2D eigenvalue weighted by molar-refractivity contribution is 0.184. The fourth-order valence-corrected chi connectivity index (χ4v) is 4.36. The molecule has 2 aromatic carbocycles. The molecule has 3 rings (SSSR count). The zero-order valence-corrected chi connectivity index (χ0v) is 22.2. The van der Waals surface area contributed by atoms with Gasteiger partial charge >= 0.3 is 0 Å². The fourth-order valence-electron chi connectivity index (χ4n) is 4.36. The number of ether oxygens (including phenoxy) is 1. The van der Waals surface area contributed by atoms with Gasteiger partial charge in [0, 0.05) is 23.5 Å². The van der Waals surface area contributed by atoms with Gasteiger partial charge in [0.05, 0.1) is 0 Å². The minimum absolute atomic E-state index is 0.115. The molecule has 0 N–H and O–H groups in total. The van der Waals surface area contributed by atoms with Crippen LogP contribution in [-0.2, 0) is 6.42 Å². The number of aryl methyl sites for hydroxylation is 1. The summed E-state index contributed by atoms with van der Waals surface area (Å²) in [6.45, 7) is 4.57. The van der Waals surface area contributed by atoms with Gasteiger partial charge < -0.3 is 4.74 Å². The zero-order chi connectivity index (χ0) is 25.4. The lowest BCUT2D eigenvalue weighted by Gasteiger charge is -2.11. The number of unbranched alkanes of at least 4 members (excludes halogenated alkanes) is 8. The molecule has 0 aliphatic carbocycles. The summed E-state index contributed by atoms with van der Waals surface area (Å²) in [5, 5.41) is 0. The van der Waals surface area contributed by atoms with Gasteiger partial charge in [-0.3, -0.25) is 0 Å². The number of hydrogen-bond acceptors (Lipinski definition) is 3. The standard InChI is InChI=1S/C32H43FN2O/c1-3-5-7-8-9-10-12-14-30(33)25-36-31-21-19-27(20-22-31)29-23-34-32(35-24-29)28-17-15-26(16-18-28)13-11-6-4-2/h15-24,30H,3-14,25H2,1-2H3. The zero-order valence-electron chi connectivity index (χ0n) is 22.2. The van der Waals surface area contributed by atoms with Crippen LogP contribution in [0.4, 0.5) is 4.39 Å². The minimum atomic E-state index is -0.910. The molecule has 194 valence electrons. The van der Waals surface area contributed by atoms with E-state index in [0.717, 1.165) is 41.8 Å². The first kappa shape index (κ1) is 27.8. The lowest BCUT2D eigenvalue weighted by atomic mass is 10.0. The maximum atomic E-state index is 14.2. The first-order chi connectivity index (χ1) is 17.7. The second kappa shape index (κ2) is 16.1. The Morgan fingerprint density at radius 2 is 1.25 bits per heavy atom. The fraction of sp³-hybridized carbons (Fsp3) is 0.500. The van der Waals surface area contributed by atoms with Crippen molar-refractivity contribution in [3.8, 4) is 28.3 Å². The van der Waals surface area contributed by atoms with Gasteiger partial charge in [-0.15, -0.1) is 0 Å². The van der Waals surface area contributed by atoms with Crippen molar-refractivity contribution in [3.63, 3.8) is 0 Å². The molecular formula is C32H43FN2O. The molecule has 0 spiro atoms. The second-order valence-corrected chi connectivity index (χ2v) is 9.79. The van der Waals surface area contributed by atoms with Crippen LogP contribution in [0.25, 0.3) is 22.5 Å². The van der Waals surface area contributed by atoms with Crippen molar-refractivity contribution >= 4 is 0 Å². The Bertz CT molecular complexity index is 971. The summed E-state index contributed by atoms with van der Waals surface area (Å²) in [7, 11) is 0. The monoisotopic (exact) mass is 490 g/mol. The summed E-state index contributed by atoms with van der Waals surface area (Å²) in [5.74, 6) is 1.42. The van der Waals surface area contributed by atoms with Crippen molar-refractivity contribution in [2.24, 2.45) is 0 Å². The molecule has 0 fully saturated rings. The van der Waals surface area contributed by atoms with Gasteiger partial charge in [0.25, 0.3) is 0 Å². The first-order valence-corrected chi connectivity index (χ1v) is 14.0. The molecule has 0 aliphatic heterocycles. The molecule has 1 atom stereocenters. The summed E-state index contributed by atoms with van der Waals surface area (Å²) in [4.78, 5) is 9.15. The first-order valence-electron chi connectivity index (χ1n) is 14.0. The van der Waals surface area contributed by atoms with E-state index in [2.05, 4.69) is 48.1 Å². The maximum absolute atomic E-state index is 14.2. The summed E-state index contributed by atoms with van der Waals surface area (Å²) in [5.41, 5.74) is 4.36. The number of alkyl halides is 1. The molecule has 3 nitrogen and oxygen atoms in total. The molecule has 0 aliphatic rings. The minimum Gasteiger partial charge on any atom is -0.491 e. The van der Waals surface area contributed by atoms with E-state index in [1.165, 1.54) is 56.9 Å². The van der Waals surface area contributed by atoms with Crippen LogP contribution >= 0.6 is 0 Å². The van der Waals surface area contributed by atoms with Crippen LogP contribution in [0.5, 0.6) is 5.75 Å². The number of nitrogens with zero attached hydrogens (tertiary/aromatic N) is 2. The quantitative estimate of drug-likeness (QED) is 0.177. The van der Waals surface area contributed by atoms with Gasteiger partial charge in [-0.2, -0.15) is 0 Å². The highest BCUT2D eigenvalue weighted by Gasteiger charge is 2.08. The van der Waals surface area contributed by atoms with Gasteiger partial charge in [-0.05, 0) is 42.5 Å². The molecule has 1 unspecified atom stereocenters. The third kappa shape index (κ3) is 9.72. The molecule has 1 aromatic heterocycles. The molecular weight excluding hydrogens is 447 g/mol. The summed E-state index contributed by atoms with van der Waals surface area (Å²) < 4.78 is 19.9. The van der Waals surface area contributed by atoms with Crippen LogP contribution in [0.3, 0.4) is 0 Å². The Morgan fingerprint density at radius 3 is 1.92 bits per heavy atom. The van der Waals surface area contributed by atoms with E-state index in [9.17, 15) is 4.39 Å². The van der Waals surface area contributed by atoms with Crippen LogP contribution in [0.1, 0.15) is 90.0 Å². The van der Waals surface area contributed by atoms with Crippen LogP contribution in [-0.4, -0.2) is 22.7 Å². The number of hydrogen-bond donors (Lipinski definition) is 0. The Labute approximate surface area is 217 Å². The van der Waals surface area contributed by atoms with Crippen molar-refractivity contribution in [3.05, 3.63) is 66.5 Å². The molecule has 4 heteroatoms. The highest BCUT2D eigenvalue weighted by molar-refractivity contribution is 5.64. The normalized spacial score (nSPS) is 12.0. The number of rotatable bonds is 17. The van der Waals surface area contributed by atoms with Crippen molar-refractivity contribution < 1.29 is 9.13 Å². The summed E-state index contributed by atoms with van der Waals surface area (Å²) in [6.07, 6.45) is 16.7. The van der Waals surface area contributed by atoms with E-state index in [1.54, 1.807) is 0 Å². The Kier molecular flexibility index (Phi) is 12.4. The van der Waals surface area contributed by atoms with Crippen LogP contribution in [0.15, 0.2) is 60.9 Å². The van der Waals surface area contributed by atoms with Crippen LogP contribution in [0, 0.1) is 0 Å². The van der Waals surface area contributed by atoms with Gasteiger partial charge in [-0.25, -0.2) is 14.4 Å². The van der Waals surface area contributed by atoms with E-state index >= 15 is 0 Å². The molecule has 0 bridgehead atoms. The maximum Gasteiger partial charge on any atom is 0.159 e. The SMILES string of the molecule is CCCCCCCCCC(F)COc1ccc(-c2cnc(-c3ccc(CCCCC)cc3)nc2)cc1. The molecule has 3 aromatic rings. The van der Waals surface area contributed by atoms with Gasteiger partial charge in [-0.1, -0.05) is 108 Å². The largest absolute Gasteiger partial charge is 0.491 e. The van der Waals surface area contributed by atoms with Crippen molar-refractivity contribution in [2.75, 3.05) is 6.61 Å². The third-order valence-corrected chi connectivity index (χ3v) is 6.67. The van der Waals surface area contributed by atoms with Crippen molar-refractivity contribution in [1.29, 1.82) is 0 Å². The van der Waals surface area contributed by atoms with E-state index in [1.807, 2.05) is 36.7 Å². The van der Waals surface area contributed by atoms with Crippen LogP contribution < -0.4 is 4.74 Å². The molecule has 0 saturated carbocycles. The Hall–Kier alpha value is -2.75. The lowest BCUT2D eigenvalue weighted by Crippen LogP contribution is -2.12. The third-order valence-electron chi connectivity index (χ3n) is 6.67. The number of benzene rings is 2. The molecule has 0 saturated heterocycles.